The van der Waals surface area contributed by atoms with Crippen molar-refractivity contribution < 1.29 is 9.53 Å². The zero-order valence-electron chi connectivity index (χ0n) is 12.0. The summed E-state index contributed by atoms with van der Waals surface area (Å²) in [7, 11) is 0. The van der Waals surface area contributed by atoms with Crippen LogP contribution in [0.1, 0.15) is 18.2 Å². The average molecular weight is 285 g/mol. The molecule has 0 spiro atoms. The number of pyridine rings is 1. The highest BCUT2D eigenvalue weighted by atomic mass is 16.5. The van der Waals surface area contributed by atoms with E-state index in [4.69, 9.17) is 10.5 Å². The van der Waals surface area contributed by atoms with Crippen molar-refractivity contribution in [3.8, 4) is 5.75 Å². The van der Waals surface area contributed by atoms with Crippen LogP contribution in [0.4, 0.5) is 5.82 Å². The zero-order valence-corrected chi connectivity index (χ0v) is 12.0. The molecule has 1 heterocycles. The first-order chi connectivity index (χ1) is 10.2. The van der Waals surface area contributed by atoms with Crippen molar-refractivity contribution in [1.82, 2.24) is 4.98 Å². The van der Waals surface area contributed by atoms with Gasteiger partial charge in [-0.3, -0.25) is 4.79 Å². The van der Waals surface area contributed by atoms with Crippen LogP contribution in [0.25, 0.3) is 0 Å². The molecule has 0 saturated heterocycles. The average Bonchev–Trinajstić information content (AvgIpc) is 2.53. The van der Waals surface area contributed by atoms with Crippen LogP contribution < -0.4 is 15.8 Å². The summed E-state index contributed by atoms with van der Waals surface area (Å²) in [5.74, 6) is 0.917. The summed E-state index contributed by atoms with van der Waals surface area (Å²) < 4.78 is 5.47. The number of hydrogen-bond donors (Lipinski definition) is 2. The summed E-state index contributed by atoms with van der Waals surface area (Å²) in [5.41, 5.74) is 7.41. The fraction of sp³-hybridized carbons (Fsp3) is 0.250. The second-order valence-corrected chi connectivity index (χ2v) is 4.56. The third kappa shape index (κ3) is 4.57. The fourth-order valence-electron chi connectivity index (χ4n) is 1.85. The second-order valence-electron chi connectivity index (χ2n) is 4.56. The molecule has 0 atom stereocenters. The number of benzene rings is 1. The van der Waals surface area contributed by atoms with Crippen molar-refractivity contribution in [3.05, 3.63) is 53.7 Å². The minimum atomic E-state index is -0.251. The van der Waals surface area contributed by atoms with Crippen LogP contribution in [0.5, 0.6) is 5.75 Å². The number of hydrogen-bond acceptors (Lipinski definition) is 4. The molecule has 0 unspecified atom stereocenters. The Labute approximate surface area is 124 Å². The van der Waals surface area contributed by atoms with Crippen LogP contribution in [0.2, 0.25) is 0 Å². The molecule has 0 bridgehead atoms. The minimum Gasteiger partial charge on any atom is -0.484 e. The molecule has 0 saturated carbocycles. The van der Waals surface area contributed by atoms with Crippen molar-refractivity contribution in [1.29, 1.82) is 0 Å². The summed E-state index contributed by atoms with van der Waals surface area (Å²) >= 11 is 0. The highest BCUT2D eigenvalue weighted by Gasteiger charge is 2.05. The standard InChI is InChI=1S/C16H19N3O2/c1-2-12-5-3-7-14(9-12)21-11-16(20)19-15-8-4-6-13(10-17)18-15/h3-9H,2,10-11,17H2,1H3,(H,18,19,20). The number of nitrogens with zero attached hydrogens (tertiary/aromatic N) is 1. The van der Waals surface area contributed by atoms with E-state index in [9.17, 15) is 4.79 Å². The maximum atomic E-state index is 11.8. The highest BCUT2D eigenvalue weighted by molar-refractivity contribution is 5.90. The Morgan fingerprint density at radius 3 is 2.86 bits per heavy atom. The van der Waals surface area contributed by atoms with Gasteiger partial charge in [0.25, 0.3) is 5.91 Å². The van der Waals surface area contributed by atoms with Crippen molar-refractivity contribution in [2.24, 2.45) is 5.73 Å². The van der Waals surface area contributed by atoms with Crippen LogP contribution in [-0.2, 0) is 17.8 Å². The Morgan fingerprint density at radius 2 is 2.10 bits per heavy atom. The Bertz CT molecular complexity index is 614. The van der Waals surface area contributed by atoms with Crippen LogP contribution in [0.15, 0.2) is 42.5 Å². The Morgan fingerprint density at radius 1 is 1.29 bits per heavy atom. The molecule has 0 radical (unpaired) electrons. The Hall–Kier alpha value is -2.40. The normalized spacial score (nSPS) is 10.2. The smallest absolute Gasteiger partial charge is 0.263 e. The maximum absolute atomic E-state index is 11.8. The first-order valence-electron chi connectivity index (χ1n) is 6.89. The second kappa shape index (κ2) is 7.40. The van der Waals surface area contributed by atoms with E-state index < -0.39 is 0 Å². The summed E-state index contributed by atoms with van der Waals surface area (Å²) in [6.45, 7) is 2.35. The van der Waals surface area contributed by atoms with Gasteiger partial charge in [-0.15, -0.1) is 0 Å². The predicted octanol–water partition coefficient (Wildman–Crippen LogP) is 2.12. The molecule has 0 fully saturated rings. The molecule has 3 N–H and O–H groups in total. The number of aromatic nitrogens is 1. The molecule has 1 aromatic carbocycles. The van der Waals surface area contributed by atoms with E-state index in [2.05, 4.69) is 17.2 Å². The topological polar surface area (TPSA) is 77.2 Å². The molecule has 0 aliphatic carbocycles. The zero-order chi connectivity index (χ0) is 15.1. The number of nitrogens with two attached hydrogens (primary N) is 1. The van der Waals surface area contributed by atoms with Gasteiger partial charge >= 0.3 is 0 Å². The van der Waals surface area contributed by atoms with Gasteiger partial charge in [0, 0.05) is 6.54 Å². The van der Waals surface area contributed by atoms with E-state index in [0.717, 1.165) is 12.1 Å². The molecule has 0 aliphatic heterocycles. The van der Waals surface area contributed by atoms with Gasteiger partial charge in [0.05, 0.1) is 5.69 Å². The molecular weight excluding hydrogens is 266 g/mol. The van der Waals surface area contributed by atoms with Crippen molar-refractivity contribution in [2.75, 3.05) is 11.9 Å². The van der Waals surface area contributed by atoms with Crippen LogP contribution in [0.3, 0.4) is 0 Å². The van der Waals surface area contributed by atoms with E-state index in [1.54, 1.807) is 12.1 Å². The predicted molar refractivity (Wildman–Crippen MR) is 82.1 cm³/mol. The van der Waals surface area contributed by atoms with Gasteiger partial charge in [0.1, 0.15) is 11.6 Å². The number of carbonyl (C=O) groups is 1. The molecule has 2 rings (SSSR count). The molecule has 110 valence electrons. The van der Waals surface area contributed by atoms with Crippen molar-refractivity contribution in [2.45, 2.75) is 19.9 Å². The van der Waals surface area contributed by atoms with E-state index in [-0.39, 0.29) is 12.5 Å². The number of carbonyl (C=O) groups excluding carboxylic acids is 1. The molecule has 21 heavy (non-hydrogen) atoms. The lowest BCUT2D eigenvalue weighted by Gasteiger charge is -2.08. The molecule has 1 aromatic heterocycles. The van der Waals surface area contributed by atoms with Crippen LogP contribution in [0, 0.1) is 0 Å². The molecule has 5 nitrogen and oxygen atoms in total. The van der Waals surface area contributed by atoms with Gasteiger partial charge in [-0.05, 0) is 36.2 Å². The van der Waals surface area contributed by atoms with Gasteiger partial charge in [-0.2, -0.15) is 0 Å². The molecule has 5 heteroatoms. The summed E-state index contributed by atoms with van der Waals surface area (Å²) in [4.78, 5) is 16.0. The summed E-state index contributed by atoms with van der Waals surface area (Å²) in [6, 6.07) is 13.0. The summed E-state index contributed by atoms with van der Waals surface area (Å²) in [5, 5.41) is 2.68. The third-order valence-corrected chi connectivity index (χ3v) is 2.96. The number of amides is 1. The number of ether oxygens (including phenoxy) is 1. The van der Waals surface area contributed by atoms with Crippen molar-refractivity contribution in [3.63, 3.8) is 0 Å². The number of rotatable bonds is 6. The molecular formula is C16H19N3O2. The van der Waals surface area contributed by atoms with E-state index in [0.29, 0.717) is 18.1 Å². The van der Waals surface area contributed by atoms with Crippen LogP contribution >= 0.6 is 0 Å². The van der Waals surface area contributed by atoms with E-state index in [1.807, 2.05) is 30.3 Å². The molecule has 0 aliphatic rings. The quantitative estimate of drug-likeness (QED) is 0.852. The lowest BCUT2D eigenvalue weighted by molar-refractivity contribution is -0.118. The highest BCUT2D eigenvalue weighted by Crippen LogP contribution is 2.13. The van der Waals surface area contributed by atoms with Gasteiger partial charge in [-0.1, -0.05) is 25.1 Å². The van der Waals surface area contributed by atoms with Crippen molar-refractivity contribution >= 4 is 11.7 Å². The first kappa shape index (κ1) is 15.0. The fourth-order valence-corrected chi connectivity index (χ4v) is 1.85. The number of nitrogens with one attached hydrogen (secondary N) is 1. The lowest BCUT2D eigenvalue weighted by Crippen LogP contribution is -2.21. The SMILES string of the molecule is CCc1cccc(OCC(=O)Nc2cccc(CN)n2)c1. The third-order valence-electron chi connectivity index (χ3n) is 2.96. The Kier molecular flexibility index (Phi) is 5.29. The van der Waals surface area contributed by atoms with Gasteiger partial charge < -0.3 is 15.8 Å². The van der Waals surface area contributed by atoms with Crippen LogP contribution in [-0.4, -0.2) is 17.5 Å². The van der Waals surface area contributed by atoms with E-state index >= 15 is 0 Å². The van der Waals surface area contributed by atoms with E-state index in [1.165, 1.54) is 5.56 Å². The number of aryl methyl sites for hydroxylation is 1. The minimum absolute atomic E-state index is 0.0539. The Balaban J connectivity index is 1.89. The van der Waals surface area contributed by atoms with Gasteiger partial charge in [0.2, 0.25) is 0 Å². The first-order valence-corrected chi connectivity index (χ1v) is 6.89. The summed E-state index contributed by atoms with van der Waals surface area (Å²) in [6.07, 6.45) is 0.930. The number of anilines is 1. The monoisotopic (exact) mass is 285 g/mol. The largest absolute Gasteiger partial charge is 0.484 e. The maximum Gasteiger partial charge on any atom is 0.263 e. The van der Waals surface area contributed by atoms with Gasteiger partial charge in [0.15, 0.2) is 6.61 Å². The molecule has 1 amide bonds. The molecule has 2 aromatic rings. The lowest BCUT2D eigenvalue weighted by atomic mass is 10.2. The van der Waals surface area contributed by atoms with Gasteiger partial charge in [-0.25, -0.2) is 4.98 Å².